The van der Waals surface area contributed by atoms with Crippen LogP contribution in [0.15, 0.2) is 48.5 Å². The Morgan fingerprint density at radius 2 is 1.60 bits per heavy atom. The van der Waals surface area contributed by atoms with Crippen LogP contribution in [-0.2, 0) is 14.3 Å². The van der Waals surface area contributed by atoms with Crippen LogP contribution < -0.4 is 10.6 Å². The third-order valence-corrected chi connectivity index (χ3v) is 5.61. The summed E-state index contributed by atoms with van der Waals surface area (Å²) >= 11 is 0. The zero-order valence-electron chi connectivity index (χ0n) is 16.1. The van der Waals surface area contributed by atoms with Crippen LogP contribution >= 0.6 is 0 Å². The minimum Gasteiger partial charge on any atom is -0.479 e. The number of benzene rings is 2. The molecule has 0 saturated heterocycles. The van der Waals surface area contributed by atoms with Crippen LogP contribution in [0, 0.1) is 0 Å². The summed E-state index contributed by atoms with van der Waals surface area (Å²) in [5.74, 6) is -2.04. The lowest BCUT2D eigenvalue weighted by atomic mass is 9.98. The number of fused-ring (bicyclic) bond motifs is 3. The average molecular weight is 410 g/mol. The molecule has 1 saturated carbocycles. The fourth-order valence-corrected chi connectivity index (χ4v) is 3.81. The first-order chi connectivity index (χ1) is 14.4. The van der Waals surface area contributed by atoms with Gasteiger partial charge in [0, 0.05) is 5.92 Å². The lowest BCUT2D eigenvalue weighted by Crippen LogP contribution is -2.51. The number of nitrogens with one attached hydrogen (secondary N) is 2. The van der Waals surface area contributed by atoms with Gasteiger partial charge in [-0.1, -0.05) is 48.5 Å². The molecule has 8 heteroatoms. The second-order valence-corrected chi connectivity index (χ2v) is 7.60. The molecule has 2 aromatic rings. The molecule has 1 atom stereocenters. The number of carboxylic acids is 1. The fraction of sp³-hybridized carbons (Fsp3) is 0.318. The zero-order valence-corrected chi connectivity index (χ0v) is 16.1. The van der Waals surface area contributed by atoms with E-state index in [2.05, 4.69) is 10.6 Å². The minimum atomic E-state index is -1.70. The van der Waals surface area contributed by atoms with E-state index in [4.69, 9.17) is 9.84 Å². The summed E-state index contributed by atoms with van der Waals surface area (Å²) in [5, 5.41) is 22.9. The Kier molecular flexibility index (Phi) is 5.17. The van der Waals surface area contributed by atoms with E-state index in [0.717, 1.165) is 22.3 Å². The molecule has 1 unspecified atom stereocenters. The van der Waals surface area contributed by atoms with Crippen molar-refractivity contribution in [1.82, 2.24) is 10.6 Å². The maximum absolute atomic E-state index is 12.4. The second-order valence-electron chi connectivity index (χ2n) is 7.60. The van der Waals surface area contributed by atoms with E-state index in [1.54, 1.807) is 0 Å². The Balaban J connectivity index is 1.37. The van der Waals surface area contributed by atoms with E-state index in [-0.39, 0.29) is 12.5 Å². The van der Waals surface area contributed by atoms with Crippen molar-refractivity contribution in [2.45, 2.75) is 30.4 Å². The van der Waals surface area contributed by atoms with Gasteiger partial charge in [0.25, 0.3) is 0 Å². The molecule has 2 amide bonds. The van der Waals surface area contributed by atoms with E-state index >= 15 is 0 Å². The van der Waals surface area contributed by atoms with Crippen LogP contribution in [0.4, 0.5) is 4.79 Å². The number of amides is 2. The maximum atomic E-state index is 12.4. The highest BCUT2D eigenvalue weighted by Crippen LogP contribution is 2.44. The van der Waals surface area contributed by atoms with Gasteiger partial charge >= 0.3 is 12.1 Å². The van der Waals surface area contributed by atoms with Crippen molar-refractivity contribution in [3.63, 3.8) is 0 Å². The van der Waals surface area contributed by atoms with Gasteiger partial charge in [-0.25, -0.2) is 9.59 Å². The zero-order chi connectivity index (χ0) is 21.3. The largest absolute Gasteiger partial charge is 0.479 e. The molecule has 0 bridgehead atoms. The number of alkyl carbamates (subject to hydrolysis) is 1. The summed E-state index contributed by atoms with van der Waals surface area (Å²) in [4.78, 5) is 35.3. The molecule has 1 fully saturated rings. The van der Waals surface area contributed by atoms with Crippen molar-refractivity contribution < 1.29 is 29.3 Å². The van der Waals surface area contributed by atoms with Crippen molar-refractivity contribution in [3.8, 4) is 11.1 Å². The molecule has 0 radical (unpaired) electrons. The number of carboxylic acid groups (broad SMARTS) is 1. The van der Waals surface area contributed by atoms with E-state index < -0.39 is 36.2 Å². The van der Waals surface area contributed by atoms with Gasteiger partial charge in [-0.15, -0.1) is 0 Å². The van der Waals surface area contributed by atoms with E-state index in [1.165, 1.54) is 0 Å². The first-order valence-corrected chi connectivity index (χ1v) is 9.73. The number of aliphatic carboxylic acids is 1. The van der Waals surface area contributed by atoms with Gasteiger partial charge in [0.2, 0.25) is 5.91 Å². The molecule has 2 aliphatic rings. The van der Waals surface area contributed by atoms with Crippen molar-refractivity contribution in [1.29, 1.82) is 0 Å². The number of carbonyl (C=O) groups excluding carboxylic acids is 2. The van der Waals surface area contributed by atoms with Crippen molar-refractivity contribution in [2.75, 3.05) is 13.2 Å². The van der Waals surface area contributed by atoms with Gasteiger partial charge < -0.3 is 25.6 Å². The molecule has 0 aromatic heterocycles. The minimum absolute atomic E-state index is 0.0853. The predicted octanol–water partition coefficient (Wildman–Crippen LogP) is 1.62. The summed E-state index contributed by atoms with van der Waals surface area (Å²) in [5.41, 5.74) is 3.32. The van der Waals surface area contributed by atoms with E-state index in [1.807, 2.05) is 48.5 Å². The third kappa shape index (κ3) is 3.73. The molecule has 0 heterocycles. The number of ether oxygens (including phenoxy) is 1. The summed E-state index contributed by atoms with van der Waals surface area (Å²) in [7, 11) is 0. The molecule has 0 spiro atoms. The highest BCUT2D eigenvalue weighted by atomic mass is 16.5. The highest BCUT2D eigenvalue weighted by Gasteiger charge is 2.51. The summed E-state index contributed by atoms with van der Waals surface area (Å²) in [6.45, 7) is -0.294. The lowest BCUT2D eigenvalue weighted by Gasteiger charge is -2.19. The van der Waals surface area contributed by atoms with Gasteiger partial charge in [-0.3, -0.25) is 4.79 Å². The van der Waals surface area contributed by atoms with Crippen LogP contribution in [0.25, 0.3) is 11.1 Å². The van der Waals surface area contributed by atoms with Crippen LogP contribution in [0.1, 0.15) is 29.9 Å². The third-order valence-electron chi connectivity index (χ3n) is 5.61. The Morgan fingerprint density at radius 3 is 2.13 bits per heavy atom. The molecule has 156 valence electrons. The molecule has 30 heavy (non-hydrogen) atoms. The van der Waals surface area contributed by atoms with Crippen LogP contribution in [0.2, 0.25) is 0 Å². The summed E-state index contributed by atoms with van der Waals surface area (Å²) in [6, 6.07) is 16.0. The first kappa shape index (κ1) is 19.9. The molecule has 4 rings (SSSR count). The topological polar surface area (TPSA) is 125 Å². The van der Waals surface area contributed by atoms with Crippen molar-refractivity contribution >= 4 is 18.0 Å². The molecule has 8 nitrogen and oxygen atoms in total. The standard InChI is InChI=1S/C22H22N2O6/c25-18(19(26)27)11-23-20(28)22(9-10-22)24-21(29)30-12-17-15-7-3-1-5-13(15)14-6-2-4-8-16(14)17/h1-8,17-18,25H,9-12H2,(H,23,28)(H,24,29)(H,26,27). The van der Waals surface area contributed by atoms with Crippen LogP contribution in [0.5, 0.6) is 0 Å². The van der Waals surface area contributed by atoms with Crippen LogP contribution in [-0.4, -0.2) is 53.0 Å². The number of hydrogen-bond donors (Lipinski definition) is 4. The van der Waals surface area contributed by atoms with Gasteiger partial charge in [0.15, 0.2) is 6.10 Å². The van der Waals surface area contributed by atoms with Gasteiger partial charge in [0.1, 0.15) is 12.1 Å². The predicted molar refractivity (Wildman–Crippen MR) is 107 cm³/mol. The number of hydrogen-bond acceptors (Lipinski definition) is 5. The van der Waals surface area contributed by atoms with Gasteiger partial charge in [-0.05, 0) is 35.1 Å². The molecular formula is C22H22N2O6. The molecule has 0 aliphatic heterocycles. The lowest BCUT2D eigenvalue weighted by molar-refractivity contribution is -0.146. The Hall–Kier alpha value is -3.39. The SMILES string of the molecule is O=C(NC1(C(=O)NCC(O)C(=O)O)CC1)OCC1c2ccccc2-c2ccccc21. The number of aliphatic hydroxyl groups excluding tert-OH is 1. The molecule has 2 aromatic carbocycles. The normalized spacial score (nSPS) is 16.7. The first-order valence-electron chi connectivity index (χ1n) is 9.73. The van der Waals surface area contributed by atoms with Crippen LogP contribution in [0.3, 0.4) is 0 Å². The van der Waals surface area contributed by atoms with Crippen molar-refractivity contribution in [2.24, 2.45) is 0 Å². The van der Waals surface area contributed by atoms with E-state index in [0.29, 0.717) is 12.8 Å². The highest BCUT2D eigenvalue weighted by molar-refractivity contribution is 5.93. The Bertz CT molecular complexity index is 955. The maximum Gasteiger partial charge on any atom is 0.408 e. The fourth-order valence-electron chi connectivity index (χ4n) is 3.81. The Labute approximate surface area is 172 Å². The monoisotopic (exact) mass is 410 g/mol. The van der Waals surface area contributed by atoms with E-state index in [9.17, 15) is 19.5 Å². The van der Waals surface area contributed by atoms with Gasteiger partial charge in [-0.2, -0.15) is 0 Å². The molecule has 2 aliphatic carbocycles. The number of carbonyl (C=O) groups is 3. The van der Waals surface area contributed by atoms with Crippen molar-refractivity contribution in [3.05, 3.63) is 59.7 Å². The second kappa shape index (κ2) is 7.79. The molecular weight excluding hydrogens is 388 g/mol. The average Bonchev–Trinajstić information content (AvgIpc) is 3.45. The molecule has 4 N–H and O–H groups in total. The summed E-state index contributed by atoms with van der Waals surface area (Å²) in [6.07, 6.45) is -1.55. The smallest absolute Gasteiger partial charge is 0.408 e. The quantitative estimate of drug-likeness (QED) is 0.550. The number of aliphatic hydroxyl groups is 1. The number of rotatable bonds is 7. The Morgan fingerprint density at radius 1 is 1.03 bits per heavy atom. The van der Waals surface area contributed by atoms with Gasteiger partial charge in [0.05, 0.1) is 6.54 Å². The summed E-state index contributed by atoms with van der Waals surface area (Å²) < 4.78 is 5.46.